The van der Waals surface area contributed by atoms with E-state index in [-0.39, 0.29) is 30.2 Å². The molecule has 202 valence electrons. The molecule has 2 saturated heterocycles. The van der Waals surface area contributed by atoms with E-state index < -0.39 is 24.1 Å². The molecule has 2 aliphatic rings. The highest BCUT2D eigenvalue weighted by Gasteiger charge is 2.35. The number of carboxylic acids is 1. The number of hydrogen-bond acceptors (Lipinski definition) is 5. The molecule has 0 radical (unpaired) electrons. The molecule has 38 heavy (non-hydrogen) atoms. The minimum absolute atomic E-state index is 0.0272. The van der Waals surface area contributed by atoms with Crippen LogP contribution in [0.4, 0.5) is 0 Å². The van der Waals surface area contributed by atoms with Gasteiger partial charge in [0.15, 0.2) is 0 Å². The average Bonchev–Trinajstić information content (AvgIpc) is 3.62. The Labute approximate surface area is 223 Å². The van der Waals surface area contributed by atoms with Crippen molar-refractivity contribution >= 4 is 23.7 Å². The first-order valence-electron chi connectivity index (χ1n) is 13.3. The highest BCUT2D eigenvalue weighted by atomic mass is 16.4. The molecule has 2 aromatic carbocycles. The van der Waals surface area contributed by atoms with E-state index in [2.05, 4.69) is 16.0 Å². The zero-order valence-electron chi connectivity index (χ0n) is 21.5. The molecule has 0 saturated carbocycles. The summed E-state index contributed by atoms with van der Waals surface area (Å²) in [7, 11) is 0. The SMILES string of the molecule is O=C(NC(Cc1ccccc1)C(=O)NC(CC(=O)N1CCCC1C(=O)O)Cc1ccccc1)C1CCCN1. The van der Waals surface area contributed by atoms with Gasteiger partial charge in [-0.3, -0.25) is 14.4 Å². The van der Waals surface area contributed by atoms with Gasteiger partial charge in [-0.05, 0) is 49.8 Å². The summed E-state index contributed by atoms with van der Waals surface area (Å²) < 4.78 is 0. The maximum absolute atomic E-state index is 13.6. The predicted octanol–water partition coefficient (Wildman–Crippen LogP) is 1.66. The largest absolute Gasteiger partial charge is 0.480 e. The maximum Gasteiger partial charge on any atom is 0.326 e. The second-order valence-electron chi connectivity index (χ2n) is 10.1. The monoisotopic (exact) mass is 520 g/mol. The number of amides is 3. The number of carbonyl (C=O) groups is 4. The Morgan fingerprint density at radius 1 is 0.895 bits per heavy atom. The summed E-state index contributed by atoms with van der Waals surface area (Å²) in [5.41, 5.74) is 1.85. The number of rotatable bonds is 11. The maximum atomic E-state index is 13.6. The van der Waals surface area contributed by atoms with Crippen LogP contribution in [0.1, 0.15) is 43.2 Å². The number of hydrogen-bond donors (Lipinski definition) is 4. The third-order valence-electron chi connectivity index (χ3n) is 7.24. The Morgan fingerprint density at radius 2 is 1.55 bits per heavy atom. The Balaban J connectivity index is 1.50. The van der Waals surface area contributed by atoms with Crippen molar-refractivity contribution in [2.24, 2.45) is 0 Å². The lowest BCUT2D eigenvalue weighted by Crippen LogP contribution is -2.55. The van der Waals surface area contributed by atoms with Crippen molar-refractivity contribution in [2.75, 3.05) is 13.1 Å². The molecule has 2 aromatic rings. The van der Waals surface area contributed by atoms with Crippen LogP contribution in [0, 0.1) is 0 Å². The van der Waals surface area contributed by atoms with Gasteiger partial charge < -0.3 is 26.0 Å². The van der Waals surface area contributed by atoms with Crippen LogP contribution >= 0.6 is 0 Å². The minimum atomic E-state index is -1.01. The van der Waals surface area contributed by atoms with Gasteiger partial charge in [0.1, 0.15) is 12.1 Å². The molecule has 0 bridgehead atoms. The molecule has 4 atom stereocenters. The van der Waals surface area contributed by atoms with E-state index in [1.807, 2.05) is 60.7 Å². The van der Waals surface area contributed by atoms with Crippen molar-refractivity contribution in [3.05, 3.63) is 71.8 Å². The molecule has 0 aromatic heterocycles. The molecule has 2 fully saturated rings. The van der Waals surface area contributed by atoms with Gasteiger partial charge in [-0.25, -0.2) is 4.79 Å². The fraction of sp³-hybridized carbons (Fsp3) is 0.448. The van der Waals surface area contributed by atoms with Crippen molar-refractivity contribution < 1.29 is 24.3 Å². The number of benzene rings is 2. The molecule has 2 heterocycles. The van der Waals surface area contributed by atoms with Crippen molar-refractivity contribution in [3.63, 3.8) is 0 Å². The van der Waals surface area contributed by atoms with Crippen LogP contribution in [0.5, 0.6) is 0 Å². The molecule has 0 aliphatic carbocycles. The number of carboxylic acid groups (broad SMARTS) is 1. The Bertz CT molecular complexity index is 1100. The lowest BCUT2D eigenvalue weighted by atomic mass is 10.00. The van der Waals surface area contributed by atoms with Crippen LogP contribution in [0.15, 0.2) is 60.7 Å². The normalized spacial score (nSPS) is 20.5. The van der Waals surface area contributed by atoms with E-state index in [4.69, 9.17) is 0 Å². The summed E-state index contributed by atoms with van der Waals surface area (Å²) >= 11 is 0. The fourth-order valence-electron chi connectivity index (χ4n) is 5.26. The molecule has 3 amide bonds. The van der Waals surface area contributed by atoms with Gasteiger partial charge in [-0.2, -0.15) is 0 Å². The van der Waals surface area contributed by atoms with Gasteiger partial charge in [-0.1, -0.05) is 60.7 Å². The second-order valence-corrected chi connectivity index (χ2v) is 10.1. The molecule has 9 nitrogen and oxygen atoms in total. The van der Waals surface area contributed by atoms with E-state index in [0.29, 0.717) is 32.2 Å². The smallest absolute Gasteiger partial charge is 0.326 e. The topological polar surface area (TPSA) is 128 Å². The van der Waals surface area contributed by atoms with E-state index >= 15 is 0 Å². The van der Waals surface area contributed by atoms with Gasteiger partial charge in [0.25, 0.3) is 0 Å². The number of nitrogens with zero attached hydrogens (tertiary/aromatic N) is 1. The first-order valence-corrected chi connectivity index (χ1v) is 13.3. The first-order chi connectivity index (χ1) is 18.4. The molecule has 4 unspecified atom stereocenters. The van der Waals surface area contributed by atoms with Crippen molar-refractivity contribution in [1.82, 2.24) is 20.9 Å². The van der Waals surface area contributed by atoms with Crippen molar-refractivity contribution in [3.8, 4) is 0 Å². The van der Waals surface area contributed by atoms with Crippen LogP contribution in [-0.4, -0.2) is 71.0 Å². The van der Waals surface area contributed by atoms with Gasteiger partial charge in [0.2, 0.25) is 17.7 Å². The summed E-state index contributed by atoms with van der Waals surface area (Å²) in [5, 5.41) is 18.6. The van der Waals surface area contributed by atoms with Gasteiger partial charge in [-0.15, -0.1) is 0 Å². The van der Waals surface area contributed by atoms with Gasteiger partial charge in [0, 0.05) is 25.4 Å². The summed E-state index contributed by atoms with van der Waals surface area (Å²) in [5.74, 6) is -1.89. The third-order valence-corrected chi connectivity index (χ3v) is 7.24. The van der Waals surface area contributed by atoms with E-state index in [1.165, 1.54) is 4.90 Å². The molecular formula is C29H36N4O5. The summed E-state index contributed by atoms with van der Waals surface area (Å²) in [6, 6.07) is 16.5. The number of aliphatic carboxylic acids is 1. The second kappa shape index (κ2) is 13.2. The molecule has 2 aliphatic heterocycles. The highest BCUT2D eigenvalue weighted by Crippen LogP contribution is 2.20. The Kier molecular flexibility index (Phi) is 9.48. The zero-order chi connectivity index (χ0) is 26.9. The van der Waals surface area contributed by atoms with Gasteiger partial charge in [0.05, 0.1) is 6.04 Å². The summed E-state index contributed by atoms with van der Waals surface area (Å²) in [4.78, 5) is 52.7. The van der Waals surface area contributed by atoms with Crippen molar-refractivity contribution in [1.29, 1.82) is 0 Å². The van der Waals surface area contributed by atoms with Crippen LogP contribution in [0.25, 0.3) is 0 Å². The lowest BCUT2D eigenvalue weighted by Gasteiger charge is -2.27. The first kappa shape index (κ1) is 27.3. The molecular weight excluding hydrogens is 484 g/mol. The summed E-state index contributed by atoms with van der Waals surface area (Å²) in [6.07, 6.45) is 3.38. The lowest BCUT2D eigenvalue weighted by molar-refractivity contribution is -0.148. The fourth-order valence-corrected chi connectivity index (χ4v) is 5.26. The average molecular weight is 521 g/mol. The van der Waals surface area contributed by atoms with E-state index in [0.717, 1.165) is 30.5 Å². The highest BCUT2D eigenvalue weighted by molar-refractivity contribution is 5.91. The van der Waals surface area contributed by atoms with Crippen LogP contribution < -0.4 is 16.0 Å². The number of carbonyl (C=O) groups excluding carboxylic acids is 3. The Morgan fingerprint density at radius 3 is 2.16 bits per heavy atom. The van der Waals surface area contributed by atoms with Gasteiger partial charge >= 0.3 is 5.97 Å². The minimum Gasteiger partial charge on any atom is -0.480 e. The number of nitrogens with one attached hydrogen (secondary N) is 3. The predicted molar refractivity (Wildman–Crippen MR) is 142 cm³/mol. The van der Waals surface area contributed by atoms with E-state index in [9.17, 15) is 24.3 Å². The quantitative estimate of drug-likeness (QED) is 0.357. The molecule has 9 heteroatoms. The third kappa shape index (κ3) is 7.41. The zero-order valence-corrected chi connectivity index (χ0v) is 21.5. The number of likely N-dealkylation sites (tertiary alicyclic amines) is 1. The van der Waals surface area contributed by atoms with Crippen LogP contribution in [0.2, 0.25) is 0 Å². The molecule has 0 spiro atoms. The van der Waals surface area contributed by atoms with E-state index in [1.54, 1.807) is 0 Å². The molecule has 4 rings (SSSR count). The van der Waals surface area contributed by atoms with Crippen molar-refractivity contribution in [2.45, 2.75) is 69.1 Å². The summed E-state index contributed by atoms with van der Waals surface area (Å²) in [6.45, 7) is 1.16. The molecule has 4 N–H and O–H groups in total. The Hall–Kier alpha value is -3.72. The van der Waals surface area contributed by atoms with Crippen LogP contribution in [-0.2, 0) is 32.0 Å². The van der Waals surface area contributed by atoms with Crippen LogP contribution in [0.3, 0.4) is 0 Å². The standard InChI is InChI=1S/C29H36N4O5/c34-26(33-16-8-14-25(33)29(37)38)19-22(17-20-9-3-1-4-10-20)31-28(36)24(18-21-11-5-2-6-12-21)32-27(35)23-13-7-15-30-23/h1-6,9-12,22-25,30H,7-8,13-19H2,(H,31,36)(H,32,35)(H,37,38).